The van der Waals surface area contributed by atoms with Crippen LogP contribution in [0.2, 0.25) is 0 Å². The van der Waals surface area contributed by atoms with Crippen molar-refractivity contribution in [2.45, 2.75) is 76.3 Å². The number of carbonyl (C=O) groups excluding carboxylic acids is 5. The van der Waals surface area contributed by atoms with Crippen LogP contribution in [0, 0.1) is 5.92 Å². The zero-order chi connectivity index (χ0) is 32.1. The number of carbonyl (C=O) groups is 6. The van der Waals surface area contributed by atoms with Crippen molar-refractivity contribution >= 4 is 35.5 Å². The van der Waals surface area contributed by atoms with Crippen LogP contribution in [0.4, 0.5) is 0 Å². The van der Waals surface area contributed by atoms with Gasteiger partial charge >= 0.3 is 5.97 Å². The van der Waals surface area contributed by atoms with Crippen molar-refractivity contribution in [2.24, 2.45) is 17.4 Å². The van der Waals surface area contributed by atoms with E-state index in [1.54, 1.807) is 26.0 Å². The Labute approximate surface area is 242 Å². The molecule has 12 N–H and O–H groups in total. The molecule has 0 unspecified atom stereocenters. The lowest BCUT2D eigenvalue weighted by Gasteiger charge is -2.27. The molecule has 6 atom stereocenters. The first-order valence-corrected chi connectivity index (χ1v) is 13.1. The van der Waals surface area contributed by atoms with Gasteiger partial charge in [-0.1, -0.05) is 26.0 Å². The molecule has 1 aromatic carbocycles. The second-order valence-electron chi connectivity index (χ2n) is 10.1. The van der Waals surface area contributed by atoms with Gasteiger partial charge in [0.25, 0.3) is 0 Å². The molecule has 0 spiro atoms. The van der Waals surface area contributed by atoms with Gasteiger partial charge in [0.05, 0.1) is 18.8 Å². The van der Waals surface area contributed by atoms with Crippen LogP contribution in [0.25, 0.3) is 0 Å². The Morgan fingerprint density at radius 2 is 1.33 bits per heavy atom. The average Bonchev–Trinajstić information content (AvgIpc) is 2.91. The minimum absolute atomic E-state index is 0.0188. The molecule has 234 valence electrons. The molecule has 42 heavy (non-hydrogen) atoms. The number of carboxylic acids is 1. The van der Waals surface area contributed by atoms with Gasteiger partial charge in [-0.2, -0.15) is 0 Å². The summed E-state index contributed by atoms with van der Waals surface area (Å²) in [7, 11) is 0. The topological polar surface area (TPSA) is 284 Å². The number of phenolic OH excluding ortho intramolecular Hbond substituents is 1. The predicted molar refractivity (Wildman–Crippen MR) is 147 cm³/mol. The molecule has 1 rings (SSSR count). The zero-order valence-electron chi connectivity index (χ0n) is 23.6. The Balaban J connectivity index is 2.97. The van der Waals surface area contributed by atoms with Crippen LogP contribution in [0.3, 0.4) is 0 Å². The molecule has 5 amide bonds. The van der Waals surface area contributed by atoms with Gasteiger partial charge in [-0.25, -0.2) is 4.79 Å². The third-order valence-corrected chi connectivity index (χ3v) is 6.15. The maximum absolute atomic E-state index is 13.0. The Morgan fingerprint density at radius 3 is 1.81 bits per heavy atom. The van der Waals surface area contributed by atoms with Gasteiger partial charge in [-0.15, -0.1) is 0 Å². The number of rotatable bonds is 17. The quantitative estimate of drug-likeness (QED) is 0.0845. The molecule has 1 aromatic rings. The van der Waals surface area contributed by atoms with Crippen LogP contribution >= 0.6 is 0 Å². The van der Waals surface area contributed by atoms with E-state index in [4.69, 9.17) is 11.5 Å². The number of nitrogens with one attached hydrogen (secondary N) is 4. The number of aliphatic carboxylic acids is 1. The molecule has 16 heteroatoms. The number of nitrogens with two attached hydrogens (primary N) is 2. The van der Waals surface area contributed by atoms with Crippen LogP contribution in [0.15, 0.2) is 24.3 Å². The van der Waals surface area contributed by atoms with E-state index in [9.17, 15) is 49.2 Å². The molecule has 0 saturated heterocycles. The van der Waals surface area contributed by atoms with E-state index >= 15 is 0 Å². The number of hydrogen-bond donors (Lipinski definition) is 10. The predicted octanol–water partition coefficient (Wildman–Crippen LogP) is -3.42. The van der Waals surface area contributed by atoms with Crippen molar-refractivity contribution < 1.29 is 49.2 Å². The minimum atomic E-state index is -1.70. The fourth-order valence-electron chi connectivity index (χ4n) is 3.69. The average molecular weight is 597 g/mol. The lowest BCUT2D eigenvalue weighted by atomic mass is 10.0. The summed E-state index contributed by atoms with van der Waals surface area (Å²) in [6.45, 7) is 3.35. The normalized spacial score (nSPS) is 15.3. The van der Waals surface area contributed by atoms with Crippen molar-refractivity contribution in [3.63, 3.8) is 0 Å². The lowest BCUT2D eigenvalue weighted by molar-refractivity contribution is -0.143. The molecular weight excluding hydrogens is 556 g/mol. The van der Waals surface area contributed by atoms with E-state index < -0.39 is 84.3 Å². The van der Waals surface area contributed by atoms with E-state index in [0.29, 0.717) is 5.56 Å². The summed E-state index contributed by atoms with van der Waals surface area (Å²) >= 11 is 0. The van der Waals surface area contributed by atoms with Gasteiger partial charge in [-0.05, 0) is 43.4 Å². The van der Waals surface area contributed by atoms with Crippen molar-refractivity contribution in [1.29, 1.82) is 0 Å². The van der Waals surface area contributed by atoms with Gasteiger partial charge in [0, 0.05) is 6.42 Å². The number of phenols is 1. The fraction of sp³-hybridized carbons (Fsp3) is 0.538. The molecule has 0 aliphatic carbocycles. The summed E-state index contributed by atoms with van der Waals surface area (Å²) in [5.74, 6) is -6.52. The smallest absolute Gasteiger partial charge is 0.326 e. The van der Waals surface area contributed by atoms with E-state index in [2.05, 4.69) is 21.3 Å². The van der Waals surface area contributed by atoms with Gasteiger partial charge in [0.1, 0.15) is 29.9 Å². The van der Waals surface area contributed by atoms with Gasteiger partial charge in [0.2, 0.25) is 29.5 Å². The highest BCUT2D eigenvalue weighted by molar-refractivity contribution is 5.96. The number of amides is 5. The monoisotopic (exact) mass is 596 g/mol. The van der Waals surface area contributed by atoms with E-state index in [-0.39, 0.29) is 25.0 Å². The Morgan fingerprint density at radius 1 is 0.810 bits per heavy atom. The van der Waals surface area contributed by atoms with Crippen molar-refractivity contribution in [3.8, 4) is 5.75 Å². The van der Waals surface area contributed by atoms with E-state index in [0.717, 1.165) is 6.92 Å². The Bertz CT molecular complexity index is 1110. The van der Waals surface area contributed by atoms with Crippen molar-refractivity contribution in [1.82, 2.24) is 21.3 Å². The van der Waals surface area contributed by atoms with Crippen LogP contribution in [0.1, 0.15) is 39.2 Å². The van der Waals surface area contributed by atoms with Crippen molar-refractivity contribution in [3.05, 3.63) is 29.8 Å². The first-order valence-electron chi connectivity index (χ1n) is 13.1. The molecule has 0 aliphatic rings. The molecule has 0 aromatic heterocycles. The van der Waals surface area contributed by atoms with Crippen molar-refractivity contribution in [2.75, 3.05) is 6.61 Å². The molecule has 0 aliphatic heterocycles. The fourth-order valence-corrected chi connectivity index (χ4v) is 3.69. The number of carboxylic acid groups (broad SMARTS) is 1. The number of hydrogen-bond acceptors (Lipinski definition) is 10. The first kappa shape index (κ1) is 35.7. The highest BCUT2D eigenvalue weighted by Gasteiger charge is 2.34. The highest BCUT2D eigenvalue weighted by atomic mass is 16.4. The second-order valence-corrected chi connectivity index (χ2v) is 10.1. The van der Waals surface area contributed by atoms with Gasteiger partial charge in [0.15, 0.2) is 0 Å². The lowest BCUT2D eigenvalue weighted by Crippen LogP contribution is -2.61. The van der Waals surface area contributed by atoms with Crippen LogP contribution in [-0.2, 0) is 35.2 Å². The third-order valence-electron chi connectivity index (χ3n) is 6.15. The maximum atomic E-state index is 13.0. The minimum Gasteiger partial charge on any atom is -0.508 e. The number of aromatic hydroxyl groups is 1. The van der Waals surface area contributed by atoms with E-state index in [1.807, 2.05) is 0 Å². The zero-order valence-corrected chi connectivity index (χ0v) is 23.6. The summed E-state index contributed by atoms with van der Waals surface area (Å²) in [6.07, 6.45) is -2.17. The summed E-state index contributed by atoms with van der Waals surface area (Å²) in [5.41, 5.74) is 11.7. The highest BCUT2D eigenvalue weighted by Crippen LogP contribution is 2.11. The number of aliphatic hydroxyl groups is 2. The summed E-state index contributed by atoms with van der Waals surface area (Å²) in [4.78, 5) is 74.0. The number of primary amides is 1. The standard InChI is InChI=1S/C26H40N6O10/c1-12(2)20(26(41)42)31-23(38)17(8-9-19(28)36)29-25(40)21(13(3)34)32-24(39)18(11-33)30-22(37)16(27)10-14-4-6-15(35)7-5-14/h4-7,12-13,16-18,20-21,33-35H,8-11,27H2,1-3H3,(H2,28,36)(H,29,40)(H,30,37)(H,31,38)(H,32,39)(H,41,42)/t13-,16+,17+,18+,20+,21+/m1/s1. The SMILES string of the molecule is CC(C)[C@H](NC(=O)[C@H](CCC(N)=O)NC(=O)[C@@H](NC(=O)[C@H](CO)NC(=O)[C@@H](N)Cc1ccc(O)cc1)[C@@H](C)O)C(=O)O. The molecule has 0 fully saturated rings. The first-order chi connectivity index (χ1) is 19.6. The van der Waals surface area contributed by atoms with Crippen LogP contribution in [-0.4, -0.2) is 98.9 Å². The molecular formula is C26H40N6O10. The van der Waals surface area contributed by atoms with Crippen LogP contribution < -0.4 is 32.7 Å². The Kier molecular flexibility index (Phi) is 14.3. The molecule has 16 nitrogen and oxygen atoms in total. The number of benzene rings is 1. The molecule has 0 radical (unpaired) electrons. The molecule has 0 saturated carbocycles. The van der Waals surface area contributed by atoms with E-state index in [1.165, 1.54) is 12.1 Å². The van der Waals surface area contributed by atoms with Gasteiger partial charge in [-0.3, -0.25) is 24.0 Å². The van der Waals surface area contributed by atoms with Crippen LogP contribution in [0.5, 0.6) is 5.75 Å². The maximum Gasteiger partial charge on any atom is 0.326 e. The summed E-state index contributed by atoms with van der Waals surface area (Å²) in [6, 6.07) is -1.28. The van der Waals surface area contributed by atoms with Gasteiger partial charge < -0.3 is 53.2 Å². The summed E-state index contributed by atoms with van der Waals surface area (Å²) in [5, 5.41) is 47.6. The Hall–Kier alpha value is -4.28. The number of aliphatic hydroxyl groups excluding tert-OH is 2. The summed E-state index contributed by atoms with van der Waals surface area (Å²) < 4.78 is 0. The second kappa shape index (κ2) is 16.9. The molecule has 0 bridgehead atoms. The third kappa shape index (κ3) is 11.7. The molecule has 0 heterocycles. The largest absolute Gasteiger partial charge is 0.508 e.